The van der Waals surface area contributed by atoms with Crippen LogP contribution in [0.4, 0.5) is 0 Å². The molecule has 0 amide bonds. The third-order valence-corrected chi connectivity index (χ3v) is 8.83. The van der Waals surface area contributed by atoms with Crippen LogP contribution in [0.5, 0.6) is 0 Å². The molecule has 7 rings (SSSR count). The molecule has 5 nitrogen and oxygen atoms in total. The minimum Gasteiger partial charge on any atom is -0.294 e. The summed E-state index contributed by atoms with van der Waals surface area (Å²) >= 11 is 0. The topological polar surface area (TPSA) is 74.4 Å². The molecule has 0 radical (unpaired) electrons. The Hall–Kier alpha value is -6.07. The van der Waals surface area contributed by atoms with Crippen LogP contribution in [0.15, 0.2) is 152 Å². The van der Waals surface area contributed by atoms with Crippen molar-refractivity contribution in [2.24, 2.45) is 0 Å². The number of nitrogens with zero attached hydrogens (tertiary/aromatic N) is 2. The number of hydrogen-bond donors (Lipinski definition) is 2. The van der Waals surface area contributed by atoms with Crippen LogP contribution in [-0.4, -0.2) is 26.2 Å². The molecule has 7 aromatic rings. The van der Waals surface area contributed by atoms with Gasteiger partial charge in [0.05, 0.1) is 22.8 Å². The van der Waals surface area contributed by atoms with Crippen molar-refractivity contribution in [3.8, 4) is 45.0 Å². The highest BCUT2D eigenvalue weighted by molar-refractivity contribution is 5.96. The van der Waals surface area contributed by atoms with Crippen molar-refractivity contribution in [3.05, 3.63) is 174 Å². The predicted octanol–water partition coefficient (Wildman–Crippen LogP) is 10.3. The highest BCUT2D eigenvalue weighted by atomic mass is 16.1. The molecule has 0 atom stereocenters. The highest BCUT2D eigenvalue weighted by Crippen LogP contribution is 2.36. The van der Waals surface area contributed by atoms with Crippen molar-refractivity contribution in [2.45, 2.75) is 25.7 Å². The lowest BCUT2D eigenvalue weighted by Gasteiger charge is -2.11. The maximum absolute atomic E-state index is 13.2. The molecule has 5 aromatic carbocycles. The fourth-order valence-corrected chi connectivity index (χ4v) is 6.30. The van der Waals surface area contributed by atoms with Gasteiger partial charge < -0.3 is 0 Å². The zero-order valence-electron chi connectivity index (χ0n) is 26.7. The van der Waals surface area contributed by atoms with E-state index in [1.807, 2.05) is 60.7 Å². The lowest BCUT2D eigenvalue weighted by molar-refractivity contribution is 0.0983. The van der Waals surface area contributed by atoms with Crippen LogP contribution in [0.25, 0.3) is 50.6 Å². The lowest BCUT2D eigenvalue weighted by atomic mass is 9.93. The second-order valence-electron chi connectivity index (χ2n) is 11.9. The van der Waals surface area contributed by atoms with Gasteiger partial charge in [0.25, 0.3) is 0 Å². The van der Waals surface area contributed by atoms with Gasteiger partial charge in [-0.05, 0) is 47.6 Å². The number of benzene rings is 5. The minimum atomic E-state index is 0.113. The second-order valence-corrected chi connectivity index (χ2v) is 11.9. The Labute approximate surface area is 281 Å². The molecule has 2 heterocycles. The van der Waals surface area contributed by atoms with Crippen molar-refractivity contribution in [3.63, 3.8) is 0 Å². The SMILES string of the molecule is C=C(CCc1c(-c2cccc(-c3n[nH]c(-c4ccccc4)c3CCC(=O)c3ccccc3)c2)n[nH]c1-c1ccccc1)c1ccccc1. The number of carbonyl (C=O) groups is 1. The zero-order chi connectivity index (χ0) is 32.7. The van der Waals surface area contributed by atoms with Crippen LogP contribution < -0.4 is 0 Å². The number of H-pyrrole nitrogens is 2. The molecule has 0 aliphatic rings. The molecule has 2 N–H and O–H groups in total. The molecule has 0 aliphatic heterocycles. The number of ketones is 1. The maximum Gasteiger partial charge on any atom is 0.163 e. The first-order valence-electron chi connectivity index (χ1n) is 16.3. The number of aromatic amines is 2. The Morgan fingerprint density at radius 2 is 0.917 bits per heavy atom. The Bertz CT molecular complexity index is 1990. The number of rotatable bonds is 12. The van der Waals surface area contributed by atoms with Gasteiger partial charge in [-0.25, -0.2) is 0 Å². The average Bonchev–Trinajstić information content (AvgIpc) is 3.79. The van der Waals surface area contributed by atoms with E-state index in [1.54, 1.807) is 0 Å². The van der Waals surface area contributed by atoms with E-state index < -0.39 is 0 Å². The summed E-state index contributed by atoms with van der Waals surface area (Å²) in [5.41, 5.74) is 12.9. The van der Waals surface area contributed by atoms with Gasteiger partial charge in [0, 0.05) is 34.2 Å². The van der Waals surface area contributed by atoms with E-state index in [4.69, 9.17) is 10.2 Å². The van der Waals surface area contributed by atoms with Gasteiger partial charge in [-0.3, -0.25) is 15.0 Å². The third kappa shape index (κ3) is 6.58. The average molecular weight is 625 g/mol. The molecule has 0 unspecified atom stereocenters. The summed E-state index contributed by atoms with van der Waals surface area (Å²) in [6, 6.07) is 48.8. The number of aromatic nitrogens is 4. The summed E-state index contributed by atoms with van der Waals surface area (Å²) in [5.74, 6) is 0.113. The molecule has 5 heteroatoms. The minimum absolute atomic E-state index is 0.113. The number of carbonyl (C=O) groups excluding carboxylic acids is 1. The first-order valence-corrected chi connectivity index (χ1v) is 16.3. The van der Waals surface area contributed by atoms with Crippen molar-refractivity contribution in [1.29, 1.82) is 0 Å². The predicted molar refractivity (Wildman–Crippen MR) is 195 cm³/mol. The number of nitrogens with one attached hydrogen (secondary N) is 2. The van der Waals surface area contributed by atoms with E-state index in [9.17, 15) is 4.79 Å². The third-order valence-electron chi connectivity index (χ3n) is 8.83. The molecular formula is C43H36N4O. The Morgan fingerprint density at radius 1 is 0.500 bits per heavy atom. The summed E-state index contributed by atoms with van der Waals surface area (Å²) in [7, 11) is 0. The van der Waals surface area contributed by atoms with E-state index in [-0.39, 0.29) is 5.78 Å². The first-order chi connectivity index (χ1) is 23.7. The fraction of sp³-hybridized carbons (Fsp3) is 0.0930. The van der Waals surface area contributed by atoms with Crippen LogP contribution in [0.1, 0.15) is 39.9 Å². The molecule has 0 saturated carbocycles. The van der Waals surface area contributed by atoms with Gasteiger partial charge in [0.1, 0.15) is 0 Å². The second kappa shape index (κ2) is 14.1. The van der Waals surface area contributed by atoms with E-state index in [2.05, 4.69) is 102 Å². The number of Topliss-reactive ketones (excluding diaryl/α,β-unsaturated/α-hetero) is 1. The molecule has 48 heavy (non-hydrogen) atoms. The number of allylic oxidation sites excluding steroid dienone is 1. The smallest absolute Gasteiger partial charge is 0.163 e. The summed E-state index contributed by atoms with van der Waals surface area (Å²) in [6.07, 6.45) is 2.52. The highest BCUT2D eigenvalue weighted by Gasteiger charge is 2.21. The van der Waals surface area contributed by atoms with Crippen molar-refractivity contribution >= 4 is 11.4 Å². The quantitative estimate of drug-likeness (QED) is 0.133. The summed E-state index contributed by atoms with van der Waals surface area (Å²) < 4.78 is 0. The molecular weight excluding hydrogens is 589 g/mol. The molecule has 234 valence electrons. The Balaban J connectivity index is 1.25. The van der Waals surface area contributed by atoms with Gasteiger partial charge in [-0.1, -0.05) is 146 Å². The molecule has 0 aliphatic carbocycles. The van der Waals surface area contributed by atoms with Crippen molar-refractivity contribution in [2.75, 3.05) is 0 Å². The maximum atomic E-state index is 13.2. The number of hydrogen-bond acceptors (Lipinski definition) is 3. The van der Waals surface area contributed by atoms with Crippen LogP contribution in [0.2, 0.25) is 0 Å². The summed E-state index contributed by atoms with van der Waals surface area (Å²) in [4.78, 5) is 13.2. The summed E-state index contributed by atoms with van der Waals surface area (Å²) in [6.45, 7) is 4.40. The van der Waals surface area contributed by atoms with Gasteiger partial charge >= 0.3 is 0 Å². The van der Waals surface area contributed by atoms with E-state index >= 15 is 0 Å². The first kappa shape index (κ1) is 30.6. The van der Waals surface area contributed by atoms with Gasteiger partial charge in [-0.15, -0.1) is 0 Å². The molecule has 0 bridgehead atoms. The standard InChI is InChI=1S/C43H36N4O/c1-30(31-15-6-2-7-16-31)25-26-37-40(33-19-10-4-11-20-33)44-46-42(37)35-23-14-24-36(29-35)43-38(27-28-39(48)32-17-8-3-9-18-32)41(45-47-43)34-21-12-5-13-22-34/h2-24,29H,1,25-28H2,(H,44,46)(H,45,47). The lowest BCUT2D eigenvalue weighted by Crippen LogP contribution is -2.02. The molecule has 2 aromatic heterocycles. The molecule has 0 saturated heterocycles. The Kier molecular flexibility index (Phi) is 9.01. The van der Waals surface area contributed by atoms with Gasteiger partial charge in [0.2, 0.25) is 0 Å². The normalized spacial score (nSPS) is 11.0. The van der Waals surface area contributed by atoms with Crippen molar-refractivity contribution < 1.29 is 4.79 Å². The van der Waals surface area contributed by atoms with Crippen LogP contribution in [0.3, 0.4) is 0 Å². The van der Waals surface area contributed by atoms with E-state index in [0.29, 0.717) is 12.8 Å². The van der Waals surface area contributed by atoms with Gasteiger partial charge in [0.15, 0.2) is 5.78 Å². The van der Waals surface area contributed by atoms with E-state index in [1.165, 1.54) is 0 Å². The van der Waals surface area contributed by atoms with Crippen LogP contribution >= 0.6 is 0 Å². The van der Waals surface area contributed by atoms with E-state index in [0.717, 1.165) is 85.7 Å². The van der Waals surface area contributed by atoms with Crippen LogP contribution in [0, 0.1) is 0 Å². The molecule has 0 spiro atoms. The zero-order valence-corrected chi connectivity index (χ0v) is 26.7. The Morgan fingerprint density at radius 3 is 1.42 bits per heavy atom. The van der Waals surface area contributed by atoms with Crippen molar-refractivity contribution in [1.82, 2.24) is 20.4 Å². The fourth-order valence-electron chi connectivity index (χ4n) is 6.30. The van der Waals surface area contributed by atoms with Crippen LogP contribution in [-0.2, 0) is 12.8 Å². The molecule has 0 fully saturated rings. The van der Waals surface area contributed by atoms with Gasteiger partial charge in [-0.2, -0.15) is 10.2 Å². The largest absolute Gasteiger partial charge is 0.294 e. The summed E-state index contributed by atoms with van der Waals surface area (Å²) in [5, 5.41) is 16.4. The monoisotopic (exact) mass is 624 g/mol.